The monoisotopic (exact) mass is 264 g/mol. The van der Waals surface area contributed by atoms with E-state index >= 15 is 0 Å². The van der Waals surface area contributed by atoms with Gasteiger partial charge in [-0.3, -0.25) is 5.21 Å². The Balaban J connectivity index is 2.04. The average molecular weight is 264 g/mol. The van der Waals surface area contributed by atoms with Gasteiger partial charge in [-0.2, -0.15) is 5.11 Å². The van der Waals surface area contributed by atoms with Crippen LogP contribution in [0.4, 0.5) is 0 Å². The second-order valence-electron chi connectivity index (χ2n) is 4.19. The Labute approximate surface area is 112 Å². The molecule has 1 saturated heterocycles. The summed E-state index contributed by atoms with van der Waals surface area (Å²) in [6, 6.07) is 0. The van der Waals surface area contributed by atoms with Gasteiger partial charge < -0.3 is 4.90 Å². The standard InChI is InChI=1S/C12H16N4OS/c1-10(11-6-2-3-9-16(11)17)13-14-12(18)15-7-4-5-8-15/h2-3,6,9,17H,4-5,7-8H2,1H3/b11-10+,14-13?. The molecule has 18 heavy (non-hydrogen) atoms. The third-order valence-corrected chi connectivity index (χ3v) is 3.21. The fourth-order valence-electron chi connectivity index (χ4n) is 1.86. The Bertz CT molecular complexity index is 447. The summed E-state index contributed by atoms with van der Waals surface area (Å²) in [4.78, 5) is 2.05. The van der Waals surface area contributed by atoms with Gasteiger partial charge in [-0.05, 0) is 44.1 Å². The Morgan fingerprint density at radius 1 is 1.28 bits per heavy atom. The molecule has 2 aliphatic heterocycles. The van der Waals surface area contributed by atoms with Gasteiger partial charge in [-0.1, -0.05) is 6.08 Å². The minimum absolute atomic E-state index is 0.521. The highest BCUT2D eigenvalue weighted by Gasteiger charge is 2.14. The molecule has 0 saturated carbocycles. The predicted molar refractivity (Wildman–Crippen MR) is 72.9 cm³/mol. The quantitative estimate of drug-likeness (QED) is 0.584. The van der Waals surface area contributed by atoms with E-state index < -0.39 is 0 Å². The van der Waals surface area contributed by atoms with Crippen molar-refractivity contribution in [3.8, 4) is 0 Å². The molecule has 0 atom stereocenters. The van der Waals surface area contributed by atoms with Gasteiger partial charge in [-0.25, -0.2) is 5.06 Å². The number of likely N-dealkylation sites (tertiary alicyclic amines) is 1. The second-order valence-corrected chi connectivity index (χ2v) is 4.56. The maximum atomic E-state index is 9.61. The van der Waals surface area contributed by atoms with Crippen molar-refractivity contribution in [2.75, 3.05) is 13.1 Å². The van der Waals surface area contributed by atoms with Crippen LogP contribution in [-0.4, -0.2) is 33.4 Å². The third kappa shape index (κ3) is 3.02. The zero-order chi connectivity index (χ0) is 13.0. The number of hydrogen-bond donors (Lipinski definition) is 1. The maximum absolute atomic E-state index is 9.61. The molecule has 0 spiro atoms. The van der Waals surface area contributed by atoms with Gasteiger partial charge in [-0.15, -0.1) is 5.11 Å². The topological polar surface area (TPSA) is 51.4 Å². The maximum Gasteiger partial charge on any atom is 0.216 e. The van der Waals surface area contributed by atoms with Gasteiger partial charge in [0.05, 0.1) is 11.4 Å². The van der Waals surface area contributed by atoms with Gasteiger partial charge in [0.2, 0.25) is 5.11 Å². The summed E-state index contributed by atoms with van der Waals surface area (Å²) < 4.78 is 0. The molecule has 0 aromatic heterocycles. The summed E-state index contributed by atoms with van der Waals surface area (Å²) >= 11 is 5.20. The zero-order valence-electron chi connectivity index (χ0n) is 10.3. The third-order valence-electron chi connectivity index (χ3n) is 2.87. The van der Waals surface area contributed by atoms with Crippen LogP contribution in [0.2, 0.25) is 0 Å². The fraction of sp³-hybridized carbons (Fsp3) is 0.417. The summed E-state index contributed by atoms with van der Waals surface area (Å²) in [5, 5.41) is 19.3. The van der Waals surface area contributed by atoms with Gasteiger partial charge in [0, 0.05) is 19.3 Å². The molecule has 2 rings (SSSR count). The number of hydroxylamine groups is 2. The van der Waals surface area contributed by atoms with Crippen molar-refractivity contribution in [2.24, 2.45) is 10.2 Å². The molecule has 6 heteroatoms. The number of azo groups is 1. The van der Waals surface area contributed by atoms with Crippen molar-refractivity contribution >= 4 is 17.3 Å². The zero-order valence-corrected chi connectivity index (χ0v) is 11.1. The van der Waals surface area contributed by atoms with E-state index in [1.54, 1.807) is 25.3 Å². The van der Waals surface area contributed by atoms with Crippen molar-refractivity contribution < 1.29 is 5.21 Å². The molecule has 0 bridgehead atoms. The van der Waals surface area contributed by atoms with Crippen molar-refractivity contribution in [1.82, 2.24) is 9.96 Å². The number of thiocarbonyl (C=S) groups is 1. The molecule has 0 aromatic carbocycles. The normalized spacial score (nSPS) is 22.1. The van der Waals surface area contributed by atoms with Crippen LogP contribution in [0.1, 0.15) is 19.8 Å². The molecule has 0 aliphatic carbocycles. The fourth-order valence-corrected chi connectivity index (χ4v) is 2.09. The summed E-state index contributed by atoms with van der Waals surface area (Å²) in [7, 11) is 0. The van der Waals surface area contributed by atoms with E-state index in [0.717, 1.165) is 31.0 Å². The van der Waals surface area contributed by atoms with Gasteiger partial charge >= 0.3 is 0 Å². The molecule has 2 heterocycles. The van der Waals surface area contributed by atoms with Crippen molar-refractivity contribution in [3.05, 3.63) is 35.8 Å². The van der Waals surface area contributed by atoms with Crippen molar-refractivity contribution in [3.63, 3.8) is 0 Å². The highest BCUT2D eigenvalue weighted by Crippen LogP contribution is 2.16. The Hall–Kier alpha value is -1.53. The van der Waals surface area contributed by atoms with Crippen LogP contribution in [0.25, 0.3) is 0 Å². The Morgan fingerprint density at radius 3 is 2.67 bits per heavy atom. The number of hydrogen-bond acceptors (Lipinski definition) is 4. The highest BCUT2D eigenvalue weighted by atomic mass is 32.1. The molecule has 2 aliphatic rings. The summed E-state index contributed by atoms with van der Waals surface area (Å²) in [5.74, 6) is 0. The van der Waals surface area contributed by atoms with Crippen LogP contribution in [0.5, 0.6) is 0 Å². The van der Waals surface area contributed by atoms with E-state index in [0.29, 0.717) is 16.5 Å². The minimum atomic E-state index is 0.521. The molecule has 96 valence electrons. The van der Waals surface area contributed by atoms with Gasteiger partial charge in [0.1, 0.15) is 0 Å². The van der Waals surface area contributed by atoms with E-state index in [-0.39, 0.29) is 0 Å². The Kier molecular flexibility index (Phi) is 4.22. The molecule has 5 nitrogen and oxygen atoms in total. The van der Waals surface area contributed by atoms with Gasteiger partial charge in [0.15, 0.2) is 0 Å². The average Bonchev–Trinajstić information content (AvgIpc) is 2.90. The van der Waals surface area contributed by atoms with Crippen LogP contribution >= 0.6 is 12.2 Å². The van der Waals surface area contributed by atoms with Crippen molar-refractivity contribution in [2.45, 2.75) is 19.8 Å². The molecule has 1 fully saturated rings. The van der Waals surface area contributed by atoms with Crippen LogP contribution in [0, 0.1) is 0 Å². The highest BCUT2D eigenvalue weighted by molar-refractivity contribution is 7.80. The van der Waals surface area contributed by atoms with E-state index in [1.807, 2.05) is 11.0 Å². The van der Waals surface area contributed by atoms with Crippen molar-refractivity contribution in [1.29, 1.82) is 0 Å². The van der Waals surface area contributed by atoms with E-state index in [4.69, 9.17) is 12.2 Å². The van der Waals surface area contributed by atoms with E-state index in [2.05, 4.69) is 10.2 Å². The predicted octanol–water partition coefficient (Wildman–Crippen LogP) is 2.83. The lowest BCUT2D eigenvalue weighted by molar-refractivity contribution is -0.00149. The lowest BCUT2D eigenvalue weighted by atomic mass is 10.2. The van der Waals surface area contributed by atoms with E-state index in [9.17, 15) is 5.21 Å². The molecule has 0 radical (unpaired) electrons. The second kappa shape index (κ2) is 5.88. The van der Waals surface area contributed by atoms with Crippen LogP contribution in [-0.2, 0) is 0 Å². The smallest absolute Gasteiger partial charge is 0.216 e. The summed E-state index contributed by atoms with van der Waals surface area (Å²) in [6.45, 7) is 3.71. The molecule has 0 unspecified atom stereocenters. The SMILES string of the molecule is C/C(N=NC(=S)N1CCCC1)=C1/C=CC=CN1O. The molecule has 0 amide bonds. The van der Waals surface area contributed by atoms with Crippen LogP contribution < -0.4 is 0 Å². The first-order valence-electron chi connectivity index (χ1n) is 5.93. The molecular formula is C12H16N4OS. The van der Waals surface area contributed by atoms with Gasteiger partial charge in [0.25, 0.3) is 0 Å². The largest absolute Gasteiger partial charge is 0.346 e. The first-order valence-corrected chi connectivity index (χ1v) is 6.34. The minimum Gasteiger partial charge on any atom is -0.346 e. The van der Waals surface area contributed by atoms with Crippen LogP contribution in [0.15, 0.2) is 46.1 Å². The molecular weight excluding hydrogens is 248 g/mol. The first kappa shape index (κ1) is 12.9. The first-order chi connectivity index (χ1) is 8.68. The number of nitrogens with zero attached hydrogens (tertiary/aromatic N) is 4. The molecule has 1 N–H and O–H groups in total. The van der Waals surface area contributed by atoms with Crippen LogP contribution in [0.3, 0.4) is 0 Å². The lowest BCUT2D eigenvalue weighted by Crippen LogP contribution is -2.23. The summed E-state index contributed by atoms with van der Waals surface area (Å²) in [5.41, 5.74) is 1.23. The Morgan fingerprint density at radius 2 is 2.00 bits per heavy atom. The summed E-state index contributed by atoms with van der Waals surface area (Å²) in [6.07, 6.45) is 9.21. The number of rotatable bonds is 1. The van der Waals surface area contributed by atoms with E-state index in [1.165, 1.54) is 0 Å². The number of allylic oxidation sites excluding steroid dienone is 4. The molecule has 0 aromatic rings. The lowest BCUT2D eigenvalue weighted by Gasteiger charge is -2.17.